The van der Waals surface area contributed by atoms with E-state index in [2.05, 4.69) is 217 Å². The Morgan fingerprint density at radius 1 is 0.288 bits per heavy atom. The van der Waals surface area contributed by atoms with Crippen molar-refractivity contribution in [2.24, 2.45) is 0 Å². The van der Waals surface area contributed by atoms with Crippen LogP contribution in [0.15, 0.2) is 212 Å². The van der Waals surface area contributed by atoms with Crippen LogP contribution in [0.2, 0.25) is 0 Å². The van der Waals surface area contributed by atoms with Crippen LogP contribution in [0.5, 0.6) is 0 Å². The number of hydrogen-bond donors (Lipinski definition) is 0. The predicted octanol–water partition coefficient (Wildman–Crippen LogP) is 17.2. The van der Waals surface area contributed by atoms with E-state index in [0.717, 1.165) is 11.4 Å². The zero-order valence-electron chi connectivity index (χ0n) is 32.0. The van der Waals surface area contributed by atoms with Crippen LogP contribution >= 0.6 is 22.7 Å². The van der Waals surface area contributed by atoms with E-state index in [9.17, 15) is 0 Å². The van der Waals surface area contributed by atoms with Gasteiger partial charge in [0.25, 0.3) is 0 Å². The van der Waals surface area contributed by atoms with Crippen LogP contribution in [0.3, 0.4) is 0 Å². The fraction of sp³-hybridized carbons (Fsp3) is 0. The highest BCUT2D eigenvalue weighted by molar-refractivity contribution is 7.27. The third-order valence-electron chi connectivity index (χ3n) is 11.9. The molecule has 0 aliphatic heterocycles. The molecule has 2 heterocycles. The topological polar surface area (TPSA) is 3.24 Å². The van der Waals surface area contributed by atoms with E-state index >= 15 is 0 Å². The minimum absolute atomic E-state index is 1.12. The zero-order valence-corrected chi connectivity index (χ0v) is 33.6. The quantitative estimate of drug-likeness (QED) is 0.152. The first-order valence-corrected chi connectivity index (χ1v) is 21.7. The van der Waals surface area contributed by atoms with Crippen molar-refractivity contribution >= 4 is 102 Å². The summed E-state index contributed by atoms with van der Waals surface area (Å²) in [6, 6.07) is 78.1. The number of nitrogens with zero attached hydrogens (tertiary/aromatic N) is 1. The third-order valence-corrected chi connectivity index (χ3v) is 14.3. The Hall–Kier alpha value is -7.04. The maximum atomic E-state index is 2.44. The summed E-state index contributed by atoms with van der Waals surface area (Å²) in [5.41, 5.74) is 10.8. The number of rotatable bonds is 6. The first-order chi connectivity index (χ1) is 29.2. The van der Waals surface area contributed by atoms with Gasteiger partial charge in [0.1, 0.15) is 0 Å². The van der Waals surface area contributed by atoms with Gasteiger partial charge in [-0.3, -0.25) is 0 Å². The Labute approximate surface area is 350 Å². The molecule has 0 fully saturated rings. The lowest BCUT2D eigenvalue weighted by Gasteiger charge is -2.26. The maximum Gasteiger partial charge on any atom is 0.0640 e. The Morgan fingerprint density at radius 2 is 0.847 bits per heavy atom. The van der Waals surface area contributed by atoms with Gasteiger partial charge in [-0.25, -0.2) is 0 Å². The molecular weight excluding hydrogens is 751 g/mol. The van der Waals surface area contributed by atoms with E-state index in [0.29, 0.717) is 0 Å². The average Bonchev–Trinajstić information content (AvgIpc) is 3.88. The van der Waals surface area contributed by atoms with Crippen LogP contribution in [-0.2, 0) is 0 Å². The maximum absolute atomic E-state index is 2.44. The molecule has 0 atom stereocenters. The molecule has 0 aliphatic carbocycles. The summed E-state index contributed by atoms with van der Waals surface area (Å²) < 4.78 is 5.24. The van der Waals surface area contributed by atoms with E-state index < -0.39 is 0 Å². The van der Waals surface area contributed by atoms with Crippen LogP contribution in [0.1, 0.15) is 0 Å². The minimum atomic E-state index is 1.12. The summed E-state index contributed by atoms with van der Waals surface area (Å²) in [5.74, 6) is 0. The van der Waals surface area contributed by atoms with Crippen molar-refractivity contribution in [2.45, 2.75) is 0 Å². The largest absolute Gasteiger partial charge is 0.309 e. The molecule has 0 bridgehead atoms. The summed E-state index contributed by atoms with van der Waals surface area (Å²) in [4.78, 5) is 2.44. The van der Waals surface area contributed by atoms with E-state index in [1.54, 1.807) is 0 Å². The highest BCUT2D eigenvalue weighted by atomic mass is 32.1. The predicted molar refractivity (Wildman–Crippen MR) is 258 cm³/mol. The number of anilines is 3. The molecule has 0 spiro atoms. The highest BCUT2D eigenvalue weighted by Crippen LogP contribution is 2.47. The SMILES string of the molecule is c1ccc(-c2cccc3c2sc2c(N(c4ccc(-c5ccc6c(c5)sc5ccccc56)cc4)c4ccc(-c5ccc6ccc7ccccc7c6c5)cc4)cccc23)cc1. The molecule has 1 nitrogen and oxygen atoms in total. The van der Waals surface area contributed by atoms with Crippen molar-refractivity contribution < 1.29 is 0 Å². The molecule has 10 aromatic carbocycles. The van der Waals surface area contributed by atoms with E-state index in [-0.39, 0.29) is 0 Å². The number of thiophene rings is 2. The smallest absolute Gasteiger partial charge is 0.0640 e. The molecule has 0 amide bonds. The molecular formula is C56H35NS2. The fourth-order valence-corrected chi connectivity index (χ4v) is 11.4. The van der Waals surface area contributed by atoms with Crippen LogP contribution < -0.4 is 4.90 Å². The standard InChI is InChI=1S/C56H35NS2/c1-2-10-38(11-3-1)46-15-8-16-49-50-17-9-18-52(56(50)59-55(46)49)57(44-31-26-37(27-32-44)42-28-33-48-47-14-6-7-19-53(47)58-54(48)35-42)43-29-24-36(25-30-43)41-23-22-40-21-20-39-12-4-5-13-45(39)51(40)34-41/h1-35H. The van der Waals surface area contributed by atoms with Crippen LogP contribution in [-0.4, -0.2) is 0 Å². The second-order valence-corrected chi connectivity index (χ2v) is 17.4. The summed E-state index contributed by atoms with van der Waals surface area (Å²) in [7, 11) is 0. The van der Waals surface area contributed by atoms with Gasteiger partial charge in [0.05, 0.1) is 10.4 Å². The average molecular weight is 786 g/mol. The van der Waals surface area contributed by atoms with Crippen molar-refractivity contribution in [1.29, 1.82) is 0 Å². The number of fused-ring (bicyclic) bond motifs is 9. The first kappa shape index (κ1) is 34.0. The lowest BCUT2D eigenvalue weighted by Crippen LogP contribution is -2.10. The fourth-order valence-electron chi connectivity index (χ4n) is 8.95. The monoisotopic (exact) mass is 785 g/mol. The van der Waals surface area contributed by atoms with Gasteiger partial charge in [-0.2, -0.15) is 0 Å². The van der Waals surface area contributed by atoms with Gasteiger partial charge in [0.2, 0.25) is 0 Å². The summed E-state index contributed by atoms with van der Waals surface area (Å²) in [5, 5.41) is 10.3. The van der Waals surface area contributed by atoms with Gasteiger partial charge in [0.15, 0.2) is 0 Å². The molecule has 12 aromatic rings. The molecule has 0 aliphatic rings. The Kier molecular flexibility index (Phi) is 7.97. The van der Waals surface area contributed by atoms with Crippen molar-refractivity contribution in [3.63, 3.8) is 0 Å². The summed E-state index contributed by atoms with van der Waals surface area (Å²) in [6.07, 6.45) is 0. The normalized spacial score (nSPS) is 11.7. The van der Waals surface area contributed by atoms with E-state index in [1.807, 2.05) is 22.7 Å². The lowest BCUT2D eigenvalue weighted by atomic mass is 9.97. The van der Waals surface area contributed by atoms with Gasteiger partial charge in [0, 0.05) is 47.0 Å². The van der Waals surface area contributed by atoms with Gasteiger partial charge in [-0.1, -0.05) is 164 Å². The van der Waals surface area contributed by atoms with Gasteiger partial charge in [-0.05, 0) is 103 Å². The molecule has 0 saturated carbocycles. The van der Waals surface area contributed by atoms with Crippen LogP contribution in [0.25, 0.3) is 95.3 Å². The zero-order chi connectivity index (χ0) is 38.9. The molecule has 276 valence electrons. The van der Waals surface area contributed by atoms with Gasteiger partial charge >= 0.3 is 0 Å². The molecule has 3 heteroatoms. The van der Waals surface area contributed by atoms with E-state index in [4.69, 9.17) is 0 Å². The third kappa shape index (κ3) is 5.73. The lowest BCUT2D eigenvalue weighted by molar-refractivity contribution is 1.30. The second kappa shape index (κ2) is 13.8. The van der Waals surface area contributed by atoms with Crippen molar-refractivity contribution in [1.82, 2.24) is 0 Å². The molecule has 0 unspecified atom stereocenters. The van der Waals surface area contributed by atoms with Crippen molar-refractivity contribution in [3.8, 4) is 33.4 Å². The summed E-state index contributed by atoms with van der Waals surface area (Å²) >= 11 is 3.76. The number of benzene rings is 10. The van der Waals surface area contributed by atoms with Crippen LogP contribution in [0.4, 0.5) is 17.1 Å². The molecule has 59 heavy (non-hydrogen) atoms. The molecule has 0 radical (unpaired) electrons. The van der Waals surface area contributed by atoms with Crippen molar-refractivity contribution in [3.05, 3.63) is 212 Å². The summed E-state index contributed by atoms with van der Waals surface area (Å²) in [6.45, 7) is 0. The molecule has 0 saturated heterocycles. The Bertz CT molecular complexity index is 3540. The molecule has 0 N–H and O–H groups in total. The molecule has 2 aromatic heterocycles. The van der Waals surface area contributed by atoms with Gasteiger partial charge in [-0.15, -0.1) is 22.7 Å². The van der Waals surface area contributed by atoms with Crippen molar-refractivity contribution in [2.75, 3.05) is 4.90 Å². The highest BCUT2D eigenvalue weighted by Gasteiger charge is 2.20. The Balaban J connectivity index is 0.992. The van der Waals surface area contributed by atoms with Crippen LogP contribution in [0, 0.1) is 0 Å². The second-order valence-electron chi connectivity index (χ2n) is 15.3. The van der Waals surface area contributed by atoms with Gasteiger partial charge < -0.3 is 4.90 Å². The Morgan fingerprint density at radius 3 is 1.63 bits per heavy atom. The first-order valence-electron chi connectivity index (χ1n) is 20.1. The van der Waals surface area contributed by atoms with E-state index in [1.165, 1.54) is 101 Å². The minimum Gasteiger partial charge on any atom is -0.309 e. The molecule has 12 rings (SSSR count). The number of hydrogen-bond acceptors (Lipinski definition) is 3.